The highest BCUT2D eigenvalue weighted by atomic mass is 16.5. The molecule has 0 spiro atoms. The van der Waals surface area contributed by atoms with Crippen LogP contribution in [0.2, 0.25) is 0 Å². The van der Waals surface area contributed by atoms with Crippen LogP contribution in [0.25, 0.3) is 10.9 Å². The number of anilines is 2. The van der Waals surface area contributed by atoms with E-state index in [1.54, 1.807) is 14.2 Å². The fourth-order valence-electron chi connectivity index (χ4n) is 4.05. The van der Waals surface area contributed by atoms with Crippen molar-refractivity contribution in [2.45, 2.75) is 26.7 Å². The lowest BCUT2D eigenvalue weighted by molar-refractivity contribution is -0.135. The highest BCUT2D eigenvalue weighted by Crippen LogP contribution is 2.35. The first-order valence-corrected chi connectivity index (χ1v) is 10.9. The summed E-state index contributed by atoms with van der Waals surface area (Å²) in [6.07, 6.45) is 1.78. The number of carbonyl (C=O) groups excluding carboxylic acids is 1. The van der Waals surface area contributed by atoms with Gasteiger partial charge in [-0.25, -0.2) is 4.98 Å². The van der Waals surface area contributed by atoms with Crippen molar-refractivity contribution in [2.75, 3.05) is 63.8 Å². The van der Waals surface area contributed by atoms with Crippen LogP contribution in [0.5, 0.6) is 11.5 Å². The number of nitrogens with one attached hydrogen (secondary N) is 1. The highest BCUT2D eigenvalue weighted by molar-refractivity contribution is 5.93. The number of aromatic nitrogens is 2. The molecule has 3 rings (SSSR count). The zero-order valence-corrected chi connectivity index (χ0v) is 18.8. The lowest BCUT2D eigenvalue weighted by atomic mass is 9.96. The molecule has 1 aliphatic rings. The Morgan fingerprint density at radius 1 is 1.23 bits per heavy atom. The molecule has 1 fully saturated rings. The van der Waals surface area contributed by atoms with Gasteiger partial charge in [0.15, 0.2) is 11.5 Å². The largest absolute Gasteiger partial charge is 0.493 e. The lowest BCUT2D eigenvalue weighted by Gasteiger charge is -2.34. The van der Waals surface area contributed by atoms with Crippen LogP contribution in [-0.2, 0) is 4.79 Å². The van der Waals surface area contributed by atoms with Crippen LogP contribution in [-0.4, -0.2) is 79.4 Å². The molecule has 1 aliphatic heterocycles. The quantitative estimate of drug-likeness (QED) is 0.623. The van der Waals surface area contributed by atoms with E-state index in [4.69, 9.17) is 19.4 Å². The van der Waals surface area contributed by atoms with Crippen molar-refractivity contribution in [3.8, 4) is 11.5 Å². The number of aliphatic hydroxyl groups is 1. The number of hydrogen-bond acceptors (Lipinski definition) is 8. The Balaban J connectivity index is 1.97. The number of amides is 1. The van der Waals surface area contributed by atoms with Crippen molar-refractivity contribution in [3.63, 3.8) is 0 Å². The standard InChI is InChI=1S/C22H33N5O4/c1-5-26(6-2)21(29)15-8-7-10-27(14-15)22-24-17-13-19(31-4)18(30-3)12-16(17)20(25-22)23-9-11-28/h12-13,15,28H,5-11,14H2,1-4H3,(H,23,24,25). The molecule has 2 N–H and O–H groups in total. The topological polar surface area (TPSA) is 100 Å². The van der Waals surface area contributed by atoms with Crippen molar-refractivity contribution >= 4 is 28.6 Å². The van der Waals surface area contributed by atoms with E-state index in [0.717, 1.165) is 37.9 Å². The van der Waals surface area contributed by atoms with E-state index in [1.807, 2.05) is 30.9 Å². The monoisotopic (exact) mass is 431 g/mol. The number of fused-ring (bicyclic) bond motifs is 1. The number of nitrogens with zero attached hydrogens (tertiary/aromatic N) is 4. The molecule has 1 amide bonds. The Bertz CT molecular complexity index is 903. The first-order chi connectivity index (χ1) is 15.1. The van der Waals surface area contributed by atoms with Crippen LogP contribution >= 0.6 is 0 Å². The summed E-state index contributed by atoms with van der Waals surface area (Å²) < 4.78 is 10.9. The second kappa shape index (κ2) is 10.5. The Morgan fingerprint density at radius 2 is 1.94 bits per heavy atom. The maximum atomic E-state index is 12.9. The van der Waals surface area contributed by atoms with E-state index in [-0.39, 0.29) is 18.4 Å². The number of rotatable bonds is 9. The van der Waals surface area contributed by atoms with Crippen molar-refractivity contribution in [1.82, 2.24) is 14.9 Å². The van der Waals surface area contributed by atoms with E-state index in [0.29, 0.717) is 41.9 Å². The third-order valence-corrected chi connectivity index (χ3v) is 5.72. The SMILES string of the molecule is CCN(CC)C(=O)C1CCCN(c2nc(NCCO)c3cc(OC)c(OC)cc3n2)C1. The van der Waals surface area contributed by atoms with Crippen LogP contribution in [0.3, 0.4) is 0 Å². The first kappa shape index (κ1) is 22.9. The van der Waals surface area contributed by atoms with Crippen LogP contribution in [0.15, 0.2) is 12.1 Å². The van der Waals surface area contributed by atoms with Gasteiger partial charge in [-0.1, -0.05) is 0 Å². The molecular weight excluding hydrogens is 398 g/mol. The minimum atomic E-state index is -0.0628. The summed E-state index contributed by atoms with van der Waals surface area (Å²) in [6, 6.07) is 3.66. The van der Waals surface area contributed by atoms with E-state index >= 15 is 0 Å². The highest BCUT2D eigenvalue weighted by Gasteiger charge is 2.30. The smallest absolute Gasteiger partial charge is 0.227 e. The molecule has 1 atom stereocenters. The van der Waals surface area contributed by atoms with Crippen LogP contribution in [0.4, 0.5) is 11.8 Å². The van der Waals surface area contributed by atoms with E-state index in [9.17, 15) is 9.90 Å². The van der Waals surface area contributed by atoms with Gasteiger partial charge in [0.1, 0.15) is 5.82 Å². The number of piperidine rings is 1. The molecule has 1 saturated heterocycles. The van der Waals surface area contributed by atoms with Gasteiger partial charge in [0.25, 0.3) is 0 Å². The fraction of sp³-hybridized carbons (Fsp3) is 0.591. The van der Waals surface area contributed by atoms with E-state index in [2.05, 4.69) is 10.2 Å². The van der Waals surface area contributed by atoms with Crippen molar-refractivity contribution in [3.05, 3.63) is 12.1 Å². The average Bonchev–Trinajstić information content (AvgIpc) is 2.82. The second-order valence-electron chi connectivity index (χ2n) is 7.54. The molecule has 9 nitrogen and oxygen atoms in total. The molecule has 2 aromatic rings. The molecule has 0 saturated carbocycles. The predicted octanol–water partition coefficient (Wildman–Crippen LogP) is 2.14. The summed E-state index contributed by atoms with van der Waals surface area (Å²) in [7, 11) is 3.17. The number of hydrogen-bond donors (Lipinski definition) is 2. The molecule has 2 heterocycles. The summed E-state index contributed by atoms with van der Waals surface area (Å²) >= 11 is 0. The third-order valence-electron chi connectivity index (χ3n) is 5.72. The average molecular weight is 432 g/mol. The normalized spacial score (nSPS) is 16.3. The van der Waals surface area contributed by atoms with Crippen molar-refractivity contribution in [1.29, 1.82) is 0 Å². The number of aliphatic hydroxyl groups excluding tert-OH is 1. The summed E-state index contributed by atoms with van der Waals surface area (Å²) in [6.45, 7) is 7.18. The third kappa shape index (κ3) is 4.92. The summed E-state index contributed by atoms with van der Waals surface area (Å²) in [5.41, 5.74) is 0.709. The molecular formula is C22H33N5O4. The van der Waals surface area contributed by atoms with Crippen LogP contribution in [0, 0.1) is 5.92 Å². The van der Waals surface area contributed by atoms with Gasteiger partial charge in [0.05, 0.1) is 32.3 Å². The van der Waals surface area contributed by atoms with Gasteiger partial charge in [-0.15, -0.1) is 0 Å². The van der Waals surface area contributed by atoms with E-state index in [1.165, 1.54) is 0 Å². The predicted molar refractivity (Wildman–Crippen MR) is 121 cm³/mol. The number of carbonyl (C=O) groups is 1. The van der Waals surface area contributed by atoms with Gasteiger partial charge in [-0.3, -0.25) is 4.79 Å². The second-order valence-corrected chi connectivity index (χ2v) is 7.54. The van der Waals surface area contributed by atoms with Gasteiger partial charge < -0.3 is 29.7 Å². The maximum absolute atomic E-state index is 12.9. The summed E-state index contributed by atoms with van der Waals surface area (Å²) in [5.74, 6) is 2.49. The molecule has 9 heteroatoms. The van der Waals surface area contributed by atoms with E-state index < -0.39 is 0 Å². The van der Waals surface area contributed by atoms with Gasteiger partial charge >= 0.3 is 0 Å². The fourth-order valence-corrected chi connectivity index (χ4v) is 4.05. The molecule has 1 aromatic carbocycles. The van der Waals surface area contributed by atoms with Gasteiger partial charge in [-0.05, 0) is 32.8 Å². The Hall–Kier alpha value is -2.81. The molecule has 0 bridgehead atoms. The number of benzene rings is 1. The minimum absolute atomic E-state index is 0.0156. The van der Waals surface area contributed by atoms with Gasteiger partial charge in [0.2, 0.25) is 11.9 Å². The molecule has 0 radical (unpaired) electrons. The molecule has 170 valence electrons. The zero-order chi connectivity index (χ0) is 22.4. The maximum Gasteiger partial charge on any atom is 0.227 e. The van der Waals surface area contributed by atoms with Crippen molar-refractivity contribution in [2.24, 2.45) is 5.92 Å². The molecule has 1 aromatic heterocycles. The molecule has 31 heavy (non-hydrogen) atoms. The molecule has 1 unspecified atom stereocenters. The van der Waals surface area contributed by atoms with Crippen LogP contribution < -0.4 is 19.7 Å². The minimum Gasteiger partial charge on any atom is -0.493 e. The Kier molecular flexibility index (Phi) is 7.73. The Labute approximate surface area is 183 Å². The zero-order valence-electron chi connectivity index (χ0n) is 18.8. The van der Waals surface area contributed by atoms with Crippen molar-refractivity contribution < 1.29 is 19.4 Å². The Morgan fingerprint density at radius 3 is 2.58 bits per heavy atom. The molecule has 0 aliphatic carbocycles. The van der Waals surface area contributed by atoms with Gasteiger partial charge in [0, 0.05) is 44.2 Å². The number of ether oxygens (including phenoxy) is 2. The summed E-state index contributed by atoms with van der Waals surface area (Å²) in [4.78, 5) is 26.4. The first-order valence-electron chi connectivity index (χ1n) is 10.9. The van der Waals surface area contributed by atoms with Gasteiger partial charge in [-0.2, -0.15) is 4.98 Å². The lowest BCUT2D eigenvalue weighted by Crippen LogP contribution is -2.45. The number of methoxy groups -OCH3 is 2. The summed E-state index contributed by atoms with van der Waals surface area (Å²) in [5, 5.41) is 13.2. The van der Waals surface area contributed by atoms with Crippen LogP contribution in [0.1, 0.15) is 26.7 Å².